The molecule has 0 saturated carbocycles. The highest BCUT2D eigenvalue weighted by Crippen LogP contribution is 2.39. The van der Waals surface area contributed by atoms with Crippen LogP contribution in [-0.2, 0) is 0 Å². The van der Waals surface area contributed by atoms with Crippen LogP contribution in [0.4, 0.5) is 5.69 Å². The second-order valence-electron chi connectivity index (χ2n) is 7.77. The van der Waals surface area contributed by atoms with Crippen molar-refractivity contribution in [2.24, 2.45) is 5.92 Å². The van der Waals surface area contributed by atoms with Crippen LogP contribution in [0.15, 0.2) is 30.3 Å². The molecule has 2 fully saturated rings. The Bertz CT molecular complexity index is 981. The summed E-state index contributed by atoms with van der Waals surface area (Å²) in [5, 5.41) is 12.1. The van der Waals surface area contributed by atoms with Crippen LogP contribution in [0, 0.1) is 16.0 Å². The van der Waals surface area contributed by atoms with Crippen molar-refractivity contribution in [3.05, 3.63) is 51.6 Å². The summed E-state index contributed by atoms with van der Waals surface area (Å²) >= 11 is 0. The minimum Gasteiger partial charge on any atom is -0.298 e. The first-order valence-electron chi connectivity index (χ1n) is 9.29. The van der Waals surface area contributed by atoms with Crippen molar-refractivity contribution in [3.63, 3.8) is 0 Å². The first kappa shape index (κ1) is 16.4. The first-order valence-corrected chi connectivity index (χ1v) is 9.29. The zero-order chi connectivity index (χ0) is 18.9. The molecule has 138 valence electrons. The van der Waals surface area contributed by atoms with Gasteiger partial charge in [-0.15, -0.1) is 0 Å². The Kier molecular flexibility index (Phi) is 3.40. The molecule has 2 aromatic rings. The predicted molar refractivity (Wildman–Crippen MR) is 98.6 cm³/mol. The monoisotopic (exact) mass is 365 g/mol. The number of nitrogens with zero attached hydrogens (tertiary/aromatic N) is 3. The molecule has 0 aromatic heterocycles. The third-order valence-electron chi connectivity index (χ3n) is 6.54. The van der Waals surface area contributed by atoms with E-state index in [1.165, 1.54) is 17.0 Å². The van der Waals surface area contributed by atoms with Crippen LogP contribution in [0.3, 0.4) is 0 Å². The highest BCUT2D eigenvalue weighted by molar-refractivity contribution is 6.26. The molecule has 2 amide bonds. The van der Waals surface area contributed by atoms with Gasteiger partial charge in [-0.3, -0.25) is 29.5 Å². The second-order valence-corrected chi connectivity index (χ2v) is 7.77. The third-order valence-corrected chi connectivity index (χ3v) is 6.54. The molecular weight excluding hydrogens is 346 g/mol. The molecule has 3 aliphatic rings. The molecule has 3 aliphatic heterocycles. The fourth-order valence-electron chi connectivity index (χ4n) is 5.12. The number of hydrogen-bond donors (Lipinski definition) is 0. The number of benzene rings is 2. The summed E-state index contributed by atoms with van der Waals surface area (Å²) in [6.45, 7) is 3.92. The number of imide groups is 1. The van der Waals surface area contributed by atoms with Gasteiger partial charge in [-0.2, -0.15) is 0 Å². The summed E-state index contributed by atoms with van der Waals surface area (Å²) in [4.78, 5) is 41.1. The lowest BCUT2D eigenvalue weighted by Gasteiger charge is -2.41. The molecule has 0 radical (unpaired) electrons. The van der Waals surface area contributed by atoms with Gasteiger partial charge in [0, 0.05) is 35.2 Å². The quantitative estimate of drug-likeness (QED) is 0.464. The number of rotatable bonds is 2. The van der Waals surface area contributed by atoms with Crippen LogP contribution in [0.1, 0.15) is 40.5 Å². The number of fused-ring (bicyclic) bond motifs is 2. The van der Waals surface area contributed by atoms with Crippen molar-refractivity contribution in [1.82, 2.24) is 9.80 Å². The van der Waals surface area contributed by atoms with Crippen molar-refractivity contribution >= 4 is 28.3 Å². The van der Waals surface area contributed by atoms with Crippen LogP contribution in [0.2, 0.25) is 0 Å². The van der Waals surface area contributed by atoms with Crippen LogP contribution in [-0.4, -0.2) is 51.7 Å². The molecule has 5 rings (SSSR count). The number of nitro benzene ring substituents is 1. The van der Waals surface area contributed by atoms with Gasteiger partial charge in [0.1, 0.15) is 0 Å². The zero-order valence-electron chi connectivity index (χ0n) is 14.9. The Morgan fingerprint density at radius 3 is 2.56 bits per heavy atom. The second kappa shape index (κ2) is 5.60. The molecule has 3 heterocycles. The predicted octanol–water partition coefficient (Wildman–Crippen LogP) is 2.83. The van der Waals surface area contributed by atoms with E-state index in [-0.39, 0.29) is 23.5 Å². The molecule has 0 N–H and O–H groups in total. The molecule has 2 aromatic carbocycles. The number of nitro groups is 1. The van der Waals surface area contributed by atoms with Gasteiger partial charge in [0.05, 0.1) is 16.4 Å². The van der Waals surface area contributed by atoms with E-state index in [0.717, 1.165) is 19.4 Å². The summed E-state index contributed by atoms with van der Waals surface area (Å²) in [5.74, 6) is -0.170. The molecule has 4 atom stereocenters. The Hall–Kier alpha value is -2.80. The van der Waals surface area contributed by atoms with Crippen LogP contribution >= 0.6 is 0 Å². The lowest BCUT2D eigenvalue weighted by atomic mass is 9.87. The average Bonchev–Trinajstić information content (AvgIpc) is 2.86. The molecule has 7 heteroatoms. The van der Waals surface area contributed by atoms with E-state index in [4.69, 9.17) is 0 Å². The van der Waals surface area contributed by atoms with Gasteiger partial charge >= 0.3 is 0 Å². The van der Waals surface area contributed by atoms with Crippen molar-refractivity contribution in [3.8, 4) is 0 Å². The third kappa shape index (κ3) is 2.18. The summed E-state index contributed by atoms with van der Waals surface area (Å²) in [7, 11) is 0. The SMILES string of the molecule is CC1C2CCN1CC(N1C(=O)c3cccc4c([N+](=O)[O-])ccc(c34)C1=O)C2. The minimum absolute atomic E-state index is 0.0831. The normalized spacial score (nSPS) is 29.4. The van der Waals surface area contributed by atoms with Crippen molar-refractivity contribution < 1.29 is 14.5 Å². The van der Waals surface area contributed by atoms with E-state index in [1.54, 1.807) is 18.2 Å². The lowest BCUT2D eigenvalue weighted by molar-refractivity contribution is -0.383. The smallest absolute Gasteiger partial charge is 0.277 e. The maximum atomic E-state index is 13.2. The Balaban J connectivity index is 1.62. The highest BCUT2D eigenvalue weighted by Gasteiger charge is 2.45. The van der Waals surface area contributed by atoms with Gasteiger partial charge in [-0.1, -0.05) is 6.07 Å². The molecule has 2 saturated heterocycles. The number of carbonyl (C=O) groups excluding carboxylic acids is 2. The number of carbonyl (C=O) groups is 2. The molecule has 0 aliphatic carbocycles. The van der Waals surface area contributed by atoms with E-state index in [0.29, 0.717) is 40.4 Å². The summed E-state index contributed by atoms with van der Waals surface area (Å²) in [6, 6.07) is 8.12. The first-order chi connectivity index (χ1) is 13.0. The Labute approximate surface area is 155 Å². The number of hydrogen-bond acceptors (Lipinski definition) is 5. The summed E-state index contributed by atoms with van der Waals surface area (Å²) in [5.41, 5.74) is 0.679. The number of amides is 2. The van der Waals surface area contributed by atoms with Crippen LogP contribution in [0.25, 0.3) is 10.8 Å². The van der Waals surface area contributed by atoms with Gasteiger partial charge in [0.15, 0.2) is 0 Å². The van der Waals surface area contributed by atoms with E-state index < -0.39 is 4.92 Å². The average molecular weight is 365 g/mol. The molecular formula is C20H19N3O4. The Morgan fingerprint density at radius 2 is 1.85 bits per heavy atom. The standard InChI is InChI=1S/C20H19N3O4/c1-11-12-7-8-21(11)10-13(9-12)22-19(24)15-4-2-3-14-17(23(26)27)6-5-16(18(14)15)20(22)25/h2-6,11-13H,7-10H2,1H3. The van der Waals surface area contributed by atoms with Crippen molar-refractivity contribution in [2.45, 2.75) is 31.8 Å². The maximum Gasteiger partial charge on any atom is 0.277 e. The van der Waals surface area contributed by atoms with Gasteiger partial charge in [0.2, 0.25) is 0 Å². The van der Waals surface area contributed by atoms with Gasteiger partial charge in [-0.05, 0) is 50.4 Å². The number of piperidine rings is 1. The molecule has 2 bridgehead atoms. The summed E-state index contributed by atoms with van der Waals surface area (Å²) in [6.07, 6.45) is 1.93. The van der Waals surface area contributed by atoms with Crippen LogP contribution < -0.4 is 0 Å². The highest BCUT2D eigenvalue weighted by atomic mass is 16.6. The van der Waals surface area contributed by atoms with Crippen LogP contribution in [0.5, 0.6) is 0 Å². The van der Waals surface area contributed by atoms with Crippen molar-refractivity contribution in [1.29, 1.82) is 0 Å². The largest absolute Gasteiger partial charge is 0.298 e. The van der Waals surface area contributed by atoms with E-state index in [2.05, 4.69) is 11.8 Å². The zero-order valence-corrected chi connectivity index (χ0v) is 14.9. The van der Waals surface area contributed by atoms with Crippen molar-refractivity contribution in [2.75, 3.05) is 13.1 Å². The topological polar surface area (TPSA) is 83.8 Å². The molecule has 0 spiro atoms. The fourth-order valence-corrected chi connectivity index (χ4v) is 5.12. The van der Waals surface area contributed by atoms with E-state index in [1.807, 2.05) is 0 Å². The van der Waals surface area contributed by atoms with Gasteiger partial charge in [0.25, 0.3) is 17.5 Å². The maximum absolute atomic E-state index is 13.2. The Morgan fingerprint density at radius 1 is 1.11 bits per heavy atom. The van der Waals surface area contributed by atoms with E-state index >= 15 is 0 Å². The van der Waals surface area contributed by atoms with Gasteiger partial charge in [-0.25, -0.2) is 0 Å². The lowest BCUT2D eigenvalue weighted by Crippen LogP contribution is -2.55. The molecule has 27 heavy (non-hydrogen) atoms. The molecule has 4 unspecified atom stereocenters. The molecule has 7 nitrogen and oxygen atoms in total. The van der Waals surface area contributed by atoms with E-state index in [9.17, 15) is 19.7 Å². The summed E-state index contributed by atoms with van der Waals surface area (Å²) < 4.78 is 0. The van der Waals surface area contributed by atoms with Gasteiger partial charge < -0.3 is 0 Å². The minimum atomic E-state index is -0.474. The number of non-ortho nitro benzene ring substituents is 1. The fraction of sp³-hybridized carbons (Fsp3) is 0.400.